The van der Waals surface area contributed by atoms with Crippen LogP contribution in [-0.2, 0) is 55.8 Å². The molecule has 7 rings (SSSR count). The minimum absolute atomic E-state index is 0.176. The lowest BCUT2D eigenvalue weighted by Crippen LogP contribution is -2.60. The number of rotatable bonds is 17. The van der Waals surface area contributed by atoms with E-state index in [1.54, 1.807) is 84.6 Å². The van der Waals surface area contributed by atoms with Gasteiger partial charge in [0.15, 0.2) is 5.78 Å². The van der Waals surface area contributed by atoms with E-state index in [-0.39, 0.29) is 55.2 Å². The average molecular weight is 1130 g/mol. The third kappa shape index (κ3) is 15.8. The Bertz CT molecular complexity index is 2880. The molecule has 2 saturated heterocycles. The van der Waals surface area contributed by atoms with Gasteiger partial charge in [0.25, 0.3) is 0 Å². The largest absolute Gasteiger partial charge is 0.444 e. The van der Waals surface area contributed by atoms with Gasteiger partial charge >= 0.3 is 12.2 Å². The van der Waals surface area contributed by atoms with E-state index in [0.717, 1.165) is 54.6 Å². The van der Waals surface area contributed by atoms with Crippen molar-refractivity contribution in [3.05, 3.63) is 106 Å². The number of nitrogens with one attached hydrogen (secondary N) is 3. The average Bonchev–Trinajstić information content (AvgIpc) is 4.34. The molecule has 3 aromatic rings. The summed E-state index contributed by atoms with van der Waals surface area (Å²) < 4.78 is 17.2. The van der Waals surface area contributed by atoms with Crippen molar-refractivity contribution < 1.29 is 52.6 Å². The van der Waals surface area contributed by atoms with Gasteiger partial charge in [0.1, 0.15) is 42.0 Å². The lowest BCUT2D eigenvalue weighted by Gasteiger charge is -2.34. The van der Waals surface area contributed by atoms with Gasteiger partial charge in [0.05, 0.1) is 30.1 Å². The minimum atomic E-state index is -1.28. The molecule has 3 aromatic carbocycles. The van der Waals surface area contributed by atoms with Crippen LogP contribution < -0.4 is 16.0 Å². The lowest BCUT2D eigenvalue weighted by molar-refractivity contribution is -0.145. The first-order valence-corrected chi connectivity index (χ1v) is 29.1. The molecule has 9 atom stereocenters. The van der Waals surface area contributed by atoms with Crippen LogP contribution in [0.3, 0.4) is 0 Å². The molecule has 18 nitrogen and oxygen atoms in total. The second kappa shape index (κ2) is 27.2. The zero-order valence-electron chi connectivity index (χ0n) is 49.8. The van der Waals surface area contributed by atoms with E-state index < -0.39 is 77.4 Å². The van der Waals surface area contributed by atoms with Crippen LogP contribution in [0.15, 0.2) is 72.8 Å². The van der Waals surface area contributed by atoms with Gasteiger partial charge in [0.2, 0.25) is 29.5 Å². The van der Waals surface area contributed by atoms with Gasteiger partial charge in [-0.1, -0.05) is 72.5 Å². The molecule has 4 aliphatic rings. The van der Waals surface area contributed by atoms with Crippen molar-refractivity contribution in [3.63, 3.8) is 0 Å². The molecule has 18 heteroatoms. The number of aryl methyl sites for hydroxylation is 2. The predicted octanol–water partition coefficient (Wildman–Crippen LogP) is 7.85. The van der Waals surface area contributed by atoms with Gasteiger partial charge in [0, 0.05) is 39.2 Å². The number of likely N-dealkylation sites (tertiary alicyclic amines) is 2. The van der Waals surface area contributed by atoms with Gasteiger partial charge in [-0.2, -0.15) is 0 Å². The first-order valence-electron chi connectivity index (χ1n) is 29.1. The molecule has 7 amide bonds. The molecule has 0 saturated carbocycles. The van der Waals surface area contributed by atoms with Gasteiger partial charge in [-0.15, -0.1) is 0 Å². The Morgan fingerprint density at radius 3 is 1.60 bits per heavy atom. The fourth-order valence-electron chi connectivity index (χ4n) is 11.3. The highest BCUT2D eigenvalue weighted by molar-refractivity contribution is 5.97. The molecular formula is C64H85N7O11. The van der Waals surface area contributed by atoms with Crippen LogP contribution >= 0.6 is 0 Å². The third-order valence-corrected chi connectivity index (χ3v) is 16.1. The summed E-state index contributed by atoms with van der Waals surface area (Å²) in [6, 6.07) is 17.9. The summed E-state index contributed by atoms with van der Waals surface area (Å²) in [5, 5.41) is 9.29. The molecule has 442 valence electrons. The molecule has 0 unspecified atom stereocenters. The van der Waals surface area contributed by atoms with E-state index in [1.807, 2.05) is 36.4 Å². The van der Waals surface area contributed by atoms with Crippen molar-refractivity contribution in [2.75, 3.05) is 33.8 Å². The first-order chi connectivity index (χ1) is 38.8. The molecule has 2 heterocycles. The molecular weight excluding hydrogens is 1040 g/mol. The summed E-state index contributed by atoms with van der Waals surface area (Å²) in [7, 11) is 2.92. The molecule has 0 aromatic heterocycles. The number of benzene rings is 3. The summed E-state index contributed by atoms with van der Waals surface area (Å²) in [5.74, 6) is 2.68. The second-order valence-electron chi connectivity index (χ2n) is 24.4. The molecule has 2 fully saturated rings. The van der Waals surface area contributed by atoms with Crippen LogP contribution in [0.4, 0.5) is 9.59 Å². The van der Waals surface area contributed by atoms with E-state index in [4.69, 9.17) is 14.2 Å². The van der Waals surface area contributed by atoms with Crippen molar-refractivity contribution in [1.82, 2.24) is 35.6 Å². The number of carbonyl (C=O) groups is 8. The summed E-state index contributed by atoms with van der Waals surface area (Å²) in [5.41, 5.74) is 4.01. The normalized spacial score (nSPS) is 20.4. The highest BCUT2D eigenvalue weighted by atomic mass is 16.6. The Labute approximate surface area is 484 Å². The Morgan fingerprint density at radius 1 is 0.622 bits per heavy atom. The summed E-state index contributed by atoms with van der Waals surface area (Å²) in [6.45, 7) is 15.6. The van der Waals surface area contributed by atoms with Crippen LogP contribution in [0.1, 0.15) is 171 Å². The number of amides is 7. The van der Waals surface area contributed by atoms with Crippen molar-refractivity contribution in [1.29, 1.82) is 0 Å². The minimum Gasteiger partial charge on any atom is -0.444 e. The van der Waals surface area contributed by atoms with E-state index >= 15 is 0 Å². The molecule has 2 aliphatic heterocycles. The number of ether oxygens (including phenoxy) is 3. The topological polar surface area (TPSA) is 213 Å². The number of hydrogen-bond acceptors (Lipinski definition) is 11. The smallest absolute Gasteiger partial charge is 0.410 e. The number of Topliss-reactive ketones (excluding diaryl/α,β-unsaturated/α-hetero) is 1. The molecule has 0 bridgehead atoms. The first kappa shape index (κ1) is 62.3. The number of ketones is 1. The number of likely N-dealkylation sites (N-methyl/N-ethyl adjacent to an activating group) is 2. The van der Waals surface area contributed by atoms with Crippen molar-refractivity contribution in [2.45, 2.75) is 198 Å². The Hall–Kier alpha value is -7.26. The van der Waals surface area contributed by atoms with Crippen LogP contribution in [0.5, 0.6) is 0 Å². The SMILES string of the molecule is C[C@@H](OCC#Cc1ccc([C@H](CC(=O)[C@H](C)N(C)C(=O)OC(C)(C)C)C(=O)N2CCC[C@H]2C(=O)N[C@@H]2CCCc3ccccc32)cc1)[C@H](NC(=O)[C@H](C)N(C)C(=O)OC(C)(C)C)C(=O)N1CCC[C@H]1C(=O)N[C@@H]1CCCc2ccccc21. The van der Waals surface area contributed by atoms with Crippen molar-refractivity contribution >= 4 is 47.5 Å². The quantitative estimate of drug-likeness (QED) is 0.111. The van der Waals surface area contributed by atoms with Gasteiger partial charge in [-0.25, -0.2) is 9.59 Å². The zero-order chi connectivity index (χ0) is 59.6. The second-order valence-corrected chi connectivity index (χ2v) is 24.4. The molecule has 0 spiro atoms. The molecule has 82 heavy (non-hydrogen) atoms. The zero-order valence-corrected chi connectivity index (χ0v) is 49.8. The van der Waals surface area contributed by atoms with Crippen LogP contribution in [0.25, 0.3) is 0 Å². The summed E-state index contributed by atoms with van der Waals surface area (Å²) >= 11 is 0. The Morgan fingerprint density at radius 2 is 1.10 bits per heavy atom. The Kier molecular flexibility index (Phi) is 20.7. The highest BCUT2D eigenvalue weighted by Crippen LogP contribution is 2.34. The Balaban J connectivity index is 1.07. The third-order valence-electron chi connectivity index (χ3n) is 16.1. The van der Waals surface area contributed by atoms with Gasteiger partial charge in [-0.3, -0.25) is 33.7 Å². The fourth-order valence-corrected chi connectivity index (χ4v) is 11.3. The van der Waals surface area contributed by atoms with E-state index in [2.05, 4.69) is 39.9 Å². The predicted molar refractivity (Wildman–Crippen MR) is 310 cm³/mol. The number of nitrogens with zero attached hydrogens (tertiary/aromatic N) is 4. The van der Waals surface area contributed by atoms with Crippen LogP contribution in [-0.4, -0.2) is 148 Å². The standard InChI is InChI=1S/C64H85N7O11/c1-40(68(10)61(78)81-63(4,5)6)54(72)39-49(59(76)70-36-18-30-52(70)57(74)65-50-28-16-24-44-22-12-14-26-47(44)50)46-34-32-43(33-35-46)21-20-38-80-42(3)55(67-56(73)41(2)69(11)62(79)82-64(7,8)9)60(77)71-37-19-31-53(71)58(75)66-51-29-17-25-45-23-13-15-27-48(45)51/h12-15,22-23,26-27,32-35,40-42,49-53,55H,16-19,24-25,28-31,36-39H2,1-11H3,(H,65,74)(H,66,75)(H,67,73)/t40-,41-,42+,49-,50+,51+,52-,53-,55-/m0/s1. The van der Waals surface area contributed by atoms with Gasteiger partial charge in [-0.05, 0) is 166 Å². The maximum atomic E-state index is 14.9. The summed E-state index contributed by atoms with van der Waals surface area (Å²) in [6.07, 6.45) is 4.75. The van der Waals surface area contributed by atoms with Crippen LogP contribution in [0.2, 0.25) is 0 Å². The summed E-state index contributed by atoms with van der Waals surface area (Å²) in [4.78, 5) is 117. The highest BCUT2D eigenvalue weighted by Gasteiger charge is 2.43. The maximum absolute atomic E-state index is 14.9. The number of hydrogen-bond donors (Lipinski definition) is 3. The van der Waals surface area contributed by atoms with E-state index in [0.29, 0.717) is 43.4 Å². The maximum Gasteiger partial charge on any atom is 0.410 e. The van der Waals surface area contributed by atoms with Crippen molar-refractivity contribution in [2.24, 2.45) is 0 Å². The van der Waals surface area contributed by atoms with Crippen LogP contribution in [0, 0.1) is 11.8 Å². The molecule has 0 radical (unpaired) electrons. The van der Waals surface area contributed by atoms with Crippen molar-refractivity contribution in [3.8, 4) is 11.8 Å². The number of fused-ring (bicyclic) bond motifs is 2. The van der Waals surface area contributed by atoms with E-state index in [1.165, 1.54) is 41.9 Å². The monoisotopic (exact) mass is 1130 g/mol. The fraction of sp³-hybridized carbons (Fsp3) is 0.562. The van der Waals surface area contributed by atoms with E-state index in [9.17, 15) is 38.4 Å². The molecule has 2 aliphatic carbocycles. The lowest BCUT2D eigenvalue weighted by atomic mass is 9.87. The van der Waals surface area contributed by atoms with Gasteiger partial charge < -0.3 is 44.9 Å². The molecule has 3 N–H and O–H groups in total. The number of carbonyl (C=O) groups excluding carboxylic acids is 8.